The first-order chi connectivity index (χ1) is 10.9. The first-order valence-electron chi connectivity index (χ1n) is 8.33. The summed E-state index contributed by atoms with van der Waals surface area (Å²) in [4.78, 5) is 26.2. The van der Waals surface area contributed by atoms with Gasteiger partial charge in [-0.1, -0.05) is 19.0 Å². The highest BCUT2D eigenvalue weighted by molar-refractivity contribution is 5.87. The topological polar surface area (TPSA) is 72.6 Å². The van der Waals surface area contributed by atoms with Gasteiger partial charge in [0.25, 0.3) is 0 Å². The molecule has 3 rings (SSSR count). The van der Waals surface area contributed by atoms with E-state index in [-0.39, 0.29) is 30.1 Å². The van der Waals surface area contributed by atoms with E-state index in [4.69, 9.17) is 9.26 Å². The molecule has 1 aliphatic heterocycles. The van der Waals surface area contributed by atoms with Crippen molar-refractivity contribution < 1.29 is 18.8 Å². The van der Waals surface area contributed by atoms with E-state index in [1.807, 2.05) is 19.9 Å². The van der Waals surface area contributed by atoms with E-state index in [2.05, 4.69) is 5.16 Å². The van der Waals surface area contributed by atoms with Gasteiger partial charge in [-0.3, -0.25) is 9.59 Å². The molecule has 2 heterocycles. The molecule has 2 aliphatic rings. The lowest BCUT2D eigenvalue weighted by molar-refractivity contribution is -0.151. The number of ether oxygens (including phenoxy) is 1. The van der Waals surface area contributed by atoms with Crippen molar-refractivity contribution in [3.63, 3.8) is 0 Å². The SMILES string of the molecule is CC(C)c1cc(CN(C)C(=O)[C@@H]2CC(=O)OC23CCCC3)no1. The van der Waals surface area contributed by atoms with Crippen LogP contribution in [-0.4, -0.2) is 34.6 Å². The number of nitrogens with zero attached hydrogens (tertiary/aromatic N) is 2. The lowest BCUT2D eigenvalue weighted by atomic mass is 9.84. The predicted molar refractivity (Wildman–Crippen MR) is 82.5 cm³/mol. The monoisotopic (exact) mass is 320 g/mol. The summed E-state index contributed by atoms with van der Waals surface area (Å²) in [6.45, 7) is 4.45. The van der Waals surface area contributed by atoms with Crippen LogP contribution in [0.15, 0.2) is 10.6 Å². The molecule has 23 heavy (non-hydrogen) atoms. The first-order valence-corrected chi connectivity index (χ1v) is 8.33. The summed E-state index contributed by atoms with van der Waals surface area (Å²) >= 11 is 0. The third-order valence-electron chi connectivity index (χ3n) is 4.99. The highest BCUT2D eigenvalue weighted by atomic mass is 16.6. The first kappa shape index (κ1) is 16.0. The Balaban J connectivity index is 1.70. The number of aromatic nitrogens is 1. The maximum atomic E-state index is 12.8. The number of amides is 1. The van der Waals surface area contributed by atoms with E-state index >= 15 is 0 Å². The molecule has 6 heteroatoms. The number of hydrogen-bond donors (Lipinski definition) is 0. The maximum Gasteiger partial charge on any atom is 0.307 e. The molecule has 6 nitrogen and oxygen atoms in total. The van der Waals surface area contributed by atoms with Gasteiger partial charge in [0.2, 0.25) is 5.91 Å². The van der Waals surface area contributed by atoms with Crippen molar-refractivity contribution in [2.75, 3.05) is 7.05 Å². The normalized spacial score (nSPS) is 22.8. The van der Waals surface area contributed by atoms with Gasteiger partial charge in [0.1, 0.15) is 17.1 Å². The van der Waals surface area contributed by atoms with Crippen LogP contribution in [0.25, 0.3) is 0 Å². The van der Waals surface area contributed by atoms with Crippen molar-refractivity contribution >= 4 is 11.9 Å². The third-order valence-corrected chi connectivity index (χ3v) is 4.99. The number of carbonyl (C=O) groups excluding carboxylic acids is 2. The molecule has 1 amide bonds. The van der Waals surface area contributed by atoms with E-state index in [0.29, 0.717) is 6.54 Å². The minimum atomic E-state index is -0.560. The molecule has 1 spiro atoms. The number of rotatable bonds is 4. The van der Waals surface area contributed by atoms with Crippen LogP contribution in [0.1, 0.15) is 63.3 Å². The quantitative estimate of drug-likeness (QED) is 0.797. The summed E-state index contributed by atoms with van der Waals surface area (Å²) in [5.41, 5.74) is 0.172. The summed E-state index contributed by atoms with van der Waals surface area (Å²) in [5, 5.41) is 4.02. The summed E-state index contributed by atoms with van der Waals surface area (Å²) in [6, 6.07) is 1.89. The molecule has 0 N–H and O–H groups in total. The molecule has 1 aromatic rings. The fourth-order valence-corrected chi connectivity index (χ4v) is 3.69. The zero-order valence-electron chi connectivity index (χ0n) is 14.0. The Bertz CT molecular complexity index is 601. The second kappa shape index (κ2) is 5.98. The van der Waals surface area contributed by atoms with Crippen LogP contribution in [-0.2, 0) is 20.9 Å². The Morgan fingerprint density at radius 2 is 2.13 bits per heavy atom. The summed E-state index contributed by atoms with van der Waals surface area (Å²) < 4.78 is 10.8. The molecule has 1 atom stereocenters. The Morgan fingerprint density at radius 1 is 1.43 bits per heavy atom. The zero-order chi connectivity index (χ0) is 16.6. The molecule has 1 saturated carbocycles. The van der Waals surface area contributed by atoms with Gasteiger partial charge in [0, 0.05) is 19.0 Å². The average molecular weight is 320 g/mol. The molecule has 1 aromatic heterocycles. The Kier molecular flexibility index (Phi) is 4.17. The van der Waals surface area contributed by atoms with Gasteiger partial charge in [-0.25, -0.2) is 0 Å². The molecule has 1 aliphatic carbocycles. The Hall–Kier alpha value is -1.85. The highest BCUT2D eigenvalue weighted by Gasteiger charge is 2.54. The molecule has 2 fully saturated rings. The summed E-state index contributed by atoms with van der Waals surface area (Å²) in [5.74, 6) is 0.431. The molecule has 0 radical (unpaired) electrons. The van der Waals surface area contributed by atoms with Crippen molar-refractivity contribution in [2.45, 2.75) is 64.0 Å². The number of hydrogen-bond acceptors (Lipinski definition) is 5. The van der Waals surface area contributed by atoms with Crippen molar-refractivity contribution in [3.8, 4) is 0 Å². The Labute approximate surface area is 136 Å². The van der Waals surface area contributed by atoms with E-state index in [1.54, 1.807) is 11.9 Å². The molecule has 126 valence electrons. The average Bonchev–Trinajstić information content (AvgIpc) is 3.20. The van der Waals surface area contributed by atoms with Crippen molar-refractivity contribution in [1.82, 2.24) is 10.1 Å². The van der Waals surface area contributed by atoms with Crippen LogP contribution in [0, 0.1) is 5.92 Å². The summed E-state index contributed by atoms with van der Waals surface area (Å²) in [7, 11) is 1.75. The molecule has 0 bridgehead atoms. The fourth-order valence-electron chi connectivity index (χ4n) is 3.69. The lowest BCUT2D eigenvalue weighted by Gasteiger charge is -2.30. The van der Waals surface area contributed by atoms with Crippen molar-refractivity contribution in [2.24, 2.45) is 5.92 Å². The second-order valence-electron chi connectivity index (χ2n) is 7.07. The third kappa shape index (κ3) is 2.99. The molecule has 0 aromatic carbocycles. The molecular formula is C17H24N2O4. The Morgan fingerprint density at radius 3 is 2.74 bits per heavy atom. The van der Waals surface area contributed by atoms with Crippen LogP contribution in [0.3, 0.4) is 0 Å². The van der Waals surface area contributed by atoms with E-state index in [1.165, 1.54) is 0 Å². The fraction of sp³-hybridized carbons (Fsp3) is 0.706. The largest absolute Gasteiger partial charge is 0.458 e. The van der Waals surface area contributed by atoms with Gasteiger partial charge >= 0.3 is 5.97 Å². The number of carbonyl (C=O) groups is 2. The highest BCUT2D eigenvalue weighted by Crippen LogP contribution is 2.46. The van der Waals surface area contributed by atoms with E-state index in [0.717, 1.165) is 37.1 Å². The number of esters is 1. The van der Waals surface area contributed by atoms with Crippen LogP contribution in [0.2, 0.25) is 0 Å². The van der Waals surface area contributed by atoms with Gasteiger partial charge in [-0.15, -0.1) is 0 Å². The van der Waals surface area contributed by atoms with Crippen LogP contribution < -0.4 is 0 Å². The minimum absolute atomic E-state index is 0.0353. The van der Waals surface area contributed by atoms with Crippen molar-refractivity contribution in [1.29, 1.82) is 0 Å². The van der Waals surface area contributed by atoms with Crippen LogP contribution in [0.5, 0.6) is 0 Å². The van der Waals surface area contributed by atoms with Crippen LogP contribution in [0.4, 0.5) is 0 Å². The van der Waals surface area contributed by atoms with Crippen LogP contribution >= 0.6 is 0 Å². The zero-order valence-corrected chi connectivity index (χ0v) is 14.0. The van der Waals surface area contributed by atoms with E-state index < -0.39 is 5.60 Å². The van der Waals surface area contributed by atoms with Gasteiger partial charge in [-0.2, -0.15) is 0 Å². The predicted octanol–water partition coefficient (Wildman–Crippen LogP) is 2.63. The molecule has 1 saturated heterocycles. The molecular weight excluding hydrogens is 296 g/mol. The van der Waals surface area contributed by atoms with Crippen molar-refractivity contribution in [3.05, 3.63) is 17.5 Å². The molecule has 0 unspecified atom stereocenters. The van der Waals surface area contributed by atoms with Gasteiger partial charge < -0.3 is 14.2 Å². The van der Waals surface area contributed by atoms with Gasteiger partial charge in [0.05, 0.1) is 18.9 Å². The standard InChI is InChI=1S/C17H24N2O4/c1-11(2)14-8-12(18-23-14)10-19(3)16(21)13-9-15(20)22-17(13)6-4-5-7-17/h8,11,13H,4-7,9-10H2,1-3H3/t13-/m0/s1. The van der Waals surface area contributed by atoms with Gasteiger partial charge in [-0.05, 0) is 25.7 Å². The smallest absolute Gasteiger partial charge is 0.307 e. The van der Waals surface area contributed by atoms with E-state index in [9.17, 15) is 9.59 Å². The maximum absolute atomic E-state index is 12.8. The minimum Gasteiger partial charge on any atom is -0.458 e. The second-order valence-corrected chi connectivity index (χ2v) is 7.07. The summed E-state index contributed by atoms with van der Waals surface area (Å²) in [6.07, 6.45) is 3.82. The van der Waals surface area contributed by atoms with Gasteiger partial charge in [0.15, 0.2) is 0 Å². The lowest BCUT2D eigenvalue weighted by Crippen LogP contribution is -2.43.